The van der Waals surface area contributed by atoms with Crippen LogP contribution in [0.25, 0.3) is 0 Å². The van der Waals surface area contributed by atoms with Gasteiger partial charge in [-0.05, 0) is 94.0 Å². The number of benzene rings is 3. The minimum absolute atomic E-state index is 0.0191. The number of para-hydroxylation sites is 2. The first kappa shape index (κ1) is 42.3. The Hall–Kier alpha value is -4.29. The molecule has 3 fully saturated rings. The van der Waals surface area contributed by atoms with Crippen molar-refractivity contribution >= 4 is 29.1 Å². The topological polar surface area (TPSA) is 155 Å². The number of nitrogens with one attached hydrogen (secondary N) is 3. The molecule has 57 heavy (non-hydrogen) atoms. The number of carbonyl (C=O) groups is 3. The summed E-state index contributed by atoms with van der Waals surface area (Å²) in [7, 11) is 0. The molecule has 6 N–H and O–H groups in total. The Kier molecular flexibility index (Phi) is 14.8. The minimum Gasteiger partial charge on any atom is -0.397 e. The highest BCUT2D eigenvalue weighted by Crippen LogP contribution is 2.42. The maximum atomic E-state index is 13.8. The lowest BCUT2D eigenvalue weighted by Crippen LogP contribution is -2.61. The molecule has 2 heterocycles. The van der Waals surface area contributed by atoms with E-state index in [1.54, 1.807) is 12.1 Å². The lowest BCUT2D eigenvalue weighted by molar-refractivity contribution is -0.255. The lowest BCUT2D eigenvalue weighted by atomic mass is 9.75. The van der Waals surface area contributed by atoms with E-state index in [4.69, 9.17) is 15.2 Å². The molecule has 6 unspecified atom stereocenters. The normalized spacial score (nSPS) is 23.9. The molecular weight excluding hydrogens is 719 g/mol. The quantitative estimate of drug-likeness (QED) is 0.0787. The highest BCUT2D eigenvalue weighted by Gasteiger charge is 2.44. The number of amides is 3. The van der Waals surface area contributed by atoms with Crippen molar-refractivity contribution in [3.63, 3.8) is 0 Å². The van der Waals surface area contributed by atoms with Crippen LogP contribution < -0.4 is 21.7 Å². The van der Waals surface area contributed by atoms with E-state index in [1.807, 2.05) is 81.4 Å². The smallest absolute Gasteiger partial charge is 0.237 e. The van der Waals surface area contributed by atoms with Gasteiger partial charge in [-0.1, -0.05) is 79.9 Å². The van der Waals surface area contributed by atoms with Crippen LogP contribution in [0.5, 0.6) is 0 Å². The van der Waals surface area contributed by atoms with Gasteiger partial charge >= 0.3 is 0 Å². The number of piperidine rings is 1. The van der Waals surface area contributed by atoms with Crippen molar-refractivity contribution in [3.8, 4) is 0 Å². The van der Waals surface area contributed by atoms with Crippen molar-refractivity contribution in [1.82, 2.24) is 15.5 Å². The van der Waals surface area contributed by atoms with Gasteiger partial charge in [0.25, 0.3) is 0 Å². The SMILES string of the molecule is CC(C)(C)NC(=O)C1CCC2CCCCC2N1CC1CC(c2ccc(CO)cc2)OC(c2ccc(CNC(=O)CCCCCC(=O)Nc3ccccc3N)cc2)O1. The summed E-state index contributed by atoms with van der Waals surface area (Å²) < 4.78 is 13.5. The number of fused-ring (bicyclic) bond motifs is 1. The number of hydrogen-bond acceptors (Lipinski definition) is 8. The lowest BCUT2D eigenvalue weighted by Gasteiger charge is -2.50. The van der Waals surface area contributed by atoms with Gasteiger partial charge in [-0.15, -0.1) is 0 Å². The number of aliphatic hydroxyl groups excluding tert-OH is 1. The Bertz CT molecular complexity index is 1780. The summed E-state index contributed by atoms with van der Waals surface area (Å²) in [6.45, 7) is 7.15. The number of carbonyl (C=O) groups excluding carboxylic acids is 3. The van der Waals surface area contributed by atoms with Crippen molar-refractivity contribution in [2.24, 2.45) is 5.92 Å². The Morgan fingerprint density at radius 1 is 0.807 bits per heavy atom. The predicted octanol–water partition coefficient (Wildman–Crippen LogP) is 7.45. The molecule has 0 aromatic heterocycles. The number of nitrogen functional groups attached to an aromatic ring is 1. The molecule has 2 aliphatic heterocycles. The second-order valence-corrected chi connectivity index (χ2v) is 17.2. The van der Waals surface area contributed by atoms with Crippen LogP contribution in [0, 0.1) is 5.92 Å². The molecule has 3 aromatic carbocycles. The van der Waals surface area contributed by atoms with Crippen molar-refractivity contribution in [1.29, 1.82) is 0 Å². The molecular formula is C46H63N5O6. The Labute approximate surface area is 338 Å². The number of hydrogen-bond donors (Lipinski definition) is 5. The molecule has 1 saturated carbocycles. The van der Waals surface area contributed by atoms with Gasteiger partial charge in [0, 0.05) is 49.5 Å². The van der Waals surface area contributed by atoms with Gasteiger partial charge in [0.15, 0.2) is 6.29 Å². The molecule has 6 atom stereocenters. The van der Waals surface area contributed by atoms with Crippen LogP contribution in [0.4, 0.5) is 11.4 Å². The van der Waals surface area contributed by atoms with E-state index in [1.165, 1.54) is 19.3 Å². The van der Waals surface area contributed by atoms with Crippen LogP contribution >= 0.6 is 0 Å². The summed E-state index contributed by atoms with van der Waals surface area (Å²) in [5.41, 5.74) is 10.5. The number of nitrogens with zero attached hydrogens (tertiary/aromatic N) is 1. The third-order valence-corrected chi connectivity index (χ3v) is 11.6. The summed E-state index contributed by atoms with van der Waals surface area (Å²) in [5.74, 6) is 0.595. The number of rotatable bonds is 15. The molecule has 6 rings (SSSR count). The molecule has 3 aromatic rings. The van der Waals surface area contributed by atoms with Gasteiger partial charge < -0.3 is 36.3 Å². The molecule has 0 radical (unpaired) electrons. The highest BCUT2D eigenvalue weighted by atomic mass is 16.7. The number of aliphatic hydroxyl groups is 1. The van der Waals surface area contributed by atoms with Crippen LogP contribution in [0.1, 0.15) is 132 Å². The van der Waals surface area contributed by atoms with Gasteiger partial charge in [0.2, 0.25) is 17.7 Å². The zero-order valence-electron chi connectivity index (χ0n) is 34.0. The zero-order chi connectivity index (χ0) is 40.4. The van der Waals surface area contributed by atoms with Gasteiger partial charge in [-0.25, -0.2) is 0 Å². The van der Waals surface area contributed by atoms with Gasteiger partial charge in [-0.3, -0.25) is 19.3 Å². The van der Waals surface area contributed by atoms with E-state index in [-0.39, 0.29) is 48.1 Å². The van der Waals surface area contributed by atoms with Crippen LogP contribution in [-0.4, -0.2) is 58.0 Å². The van der Waals surface area contributed by atoms with Crippen LogP contribution in [-0.2, 0) is 37.0 Å². The fourth-order valence-corrected chi connectivity index (χ4v) is 8.65. The Morgan fingerprint density at radius 3 is 2.21 bits per heavy atom. The molecule has 2 saturated heterocycles. The molecule has 3 aliphatic rings. The summed E-state index contributed by atoms with van der Waals surface area (Å²) >= 11 is 0. The molecule has 0 spiro atoms. The molecule has 1 aliphatic carbocycles. The molecule has 0 bridgehead atoms. The summed E-state index contributed by atoms with van der Waals surface area (Å²) in [6.07, 6.45) is 9.26. The van der Waals surface area contributed by atoms with Gasteiger partial charge in [-0.2, -0.15) is 0 Å². The molecule has 3 amide bonds. The number of likely N-dealkylation sites (tertiary alicyclic amines) is 1. The minimum atomic E-state index is -0.615. The Morgan fingerprint density at radius 2 is 1.49 bits per heavy atom. The maximum absolute atomic E-state index is 13.8. The molecule has 11 heteroatoms. The summed E-state index contributed by atoms with van der Waals surface area (Å²) in [5, 5.41) is 18.8. The summed E-state index contributed by atoms with van der Waals surface area (Å²) in [4.78, 5) is 41.2. The second kappa shape index (κ2) is 19.9. The van der Waals surface area contributed by atoms with E-state index in [9.17, 15) is 19.5 Å². The average molecular weight is 782 g/mol. The fourth-order valence-electron chi connectivity index (χ4n) is 8.65. The second-order valence-electron chi connectivity index (χ2n) is 17.2. The van der Waals surface area contributed by atoms with Crippen molar-refractivity contribution in [2.75, 3.05) is 17.6 Å². The first-order valence-corrected chi connectivity index (χ1v) is 21.0. The number of nitrogens with two attached hydrogens (primary N) is 1. The highest BCUT2D eigenvalue weighted by molar-refractivity contribution is 5.93. The van der Waals surface area contributed by atoms with Gasteiger partial charge in [0.05, 0.1) is 36.2 Å². The van der Waals surface area contributed by atoms with Crippen LogP contribution in [0.3, 0.4) is 0 Å². The van der Waals surface area contributed by atoms with E-state index in [0.717, 1.165) is 47.9 Å². The monoisotopic (exact) mass is 781 g/mol. The number of ether oxygens (including phenoxy) is 2. The molecule has 11 nitrogen and oxygen atoms in total. The summed E-state index contributed by atoms with van der Waals surface area (Å²) in [6, 6.07) is 23.3. The van der Waals surface area contributed by atoms with E-state index < -0.39 is 6.29 Å². The van der Waals surface area contributed by atoms with E-state index >= 15 is 0 Å². The van der Waals surface area contributed by atoms with Crippen LogP contribution in [0.15, 0.2) is 72.8 Å². The predicted molar refractivity (Wildman–Crippen MR) is 223 cm³/mol. The standard InChI is InChI=1S/C46H63N5O6/c1-46(2,3)50-44(55)40-26-25-33-11-7-10-14-39(33)51(40)29-36-27-41(34-21-19-32(30-52)20-22-34)57-45(56-36)35-23-17-31(18-24-35)28-48-42(53)15-5-4-6-16-43(54)49-38-13-9-8-12-37(38)47/h8-9,12-13,17-24,33,36,39-41,45,52H,4-7,10-11,14-16,25-30,47H2,1-3H3,(H,48,53)(H,49,54)(H,50,55). The largest absolute Gasteiger partial charge is 0.397 e. The number of anilines is 2. The zero-order valence-corrected chi connectivity index (χ0v) is 34.0. The third kappa shape index (κ3) is 12.1. The third-order valence-electron chi connectivity index (χ3n) is 11.6. The van der Waals surface area contributed by atoms with Crippen molar-refractivity contribution in [2.45, 2.75) is 147 Å². The maximum Gasteiger partial charge on any atom is 0.237 e. The van der Waals surface area contributed by atoms with E-state index in [0.29, 0.717) is 68.5 Å². The number of unbranched alkanes of at least 4 members (excludes halogenated alkanes) is 2. The molecule has 308 valence electrons. The first-order valence-electron chi connectivity index (χ1n) is 21.0. The van der Waals surface area contributed by atoms with Crippen molar-refractivity contribution in [3.05, 3.63) is 95.1 Å². The Balaban J connectivity index is 1.05. The first-order chi connectivity index (χ1) is 27.5. The van der Waals surface area contributed by atoms with Gasteiger partial charge in [0.1, 0.15) is 0 Å². The van der Waals surface area contributed by atoms with Crippen molar-refractivity contribution < 1.29 is 29.0 Å². The van der Waals surface area contributed by atoms with E-state index in [2.05, 4.69) is 20.9 Å². The average Bonchev–Trinajstić information content (AvgIpc) is 3.20. The fraction of sp³-hybridized carbons (Fsp3) is 0.543. The van der Waals surface area contributed by atoms with Crippen LogP contribution in [0.2, 0.25) is 0 Å².